The number of rotatable bonds is 3. The number of hydrogen-bond donors (Lipinski definition) is 0. The zero-order valence-corrected chi connectivity index (χ0v) is 25.2. The van der Waals surface area contributed by atoms with Crippen LogP contribution in [0, 0.1) is 18.8 Å². The van der Waals surface area contributed by atoms with Crippen molar-refractivity contribution in [1.29, 1.82) is 0 Å². The second-order valence-corrected chi connectivity index (χ2v) is 11.2. The monoisotopic (exact) mass is 700 g/mol. The van der Waals surface area contributed by atoms with E-state index in [-0.39, 0.29) is 26.5 Å². The Morgan fingerprint density at radius 1 is 0.800 bits per heavy atom. The van der Waals surface area contributed by atoms with E-state index in [1.165, 1.54) is 16.3 Å². The van der Waals surface area contributed by atoms with Crippen LogP contribution in [0.3, 0.4) is 0 Å². The van der Waals surface area contributed by atoms with Gasteiger partial charge in [-0.05, 0) is 48.2 Å². The van der Waals surface area contributed by atoms with Gasteiger partial charge in [0.1, 0.15) is 5.65 Å². The van der Waals surface area contributed by atoms with Crippen molar-refractivity contribution in [2.45, 2.75) is 26.2 Å². The van der Waals surface area contributed by atoms with Crippen molar-refractivity contribution in [3.63, 3.8) is 0 Å². The maximum absolute atomic E-state index is 4.90. The van der Waals surface area contributed by atoms with E-state index in [9.17, 15) is 0 Å². The molecule has 0 amide bonds. The Balaban J connectivity index is 0.00000289. The minimum Gasteiger partial charge on any atom is -0.510 e. The van der Waals surface area contributed by atoms with Crippen LogP contribution in [-0.2, 0) is 26.5 Å². The zero-order chi connectivity index (χ0) is 26.7. The van der Waals surface area contributed by atoms with Crippen LogP contribution in [0.4, 0.5) is 5.69 Å². The first-order valence-corrected chi connectivity index (χ1v) is 13.3. The molecule has 7 rings (SSSR count). The van der Waals surface area contributed by atoms with Crippen LogP contribution in [0.15, 0.2) is 97.5 Å². The molecule has 0 saturated heterocycles. The third-order valence-corrected chi connectivity index (χ3v) is 7.49. The van der Waals surface area contributed by atoms with Crippen molar-refractivity contribution in [2.75, 3.05) is 11.9 Å². The summed E-state index contributed by atoms with van der Waals surface area (Å²) in [5.41, 5.74) is 7.51. The maximum atomic E-state index is 4.90. The van der Waals surface area contributed by atoms with Crippen LogP contribution in [0.5, 0.6) is 0 Å². The van der Waals surface area contributed by atoms with Gasteiger partial charge in [-0.15, -0.1) is 64.4 Å². The quantitative estimate of drug-likeness (QED) is 0.174. The minimum atomic E-state index is -0.00499. The summed E-state index contributed by atoms with van der Waals surface area (Å²) >= 11 is 0. The van der Waals surface area contributed by atoms with Crippen LogP contribution >= 0.6 is 0 Å². The van der Waals surface area contributed by atoms with Gasteiger partial charge >= 0.3 is 0 Å². The second kappa shape index (κ2) is 9.94. The maximum Gasteiger partial charge on any atom is 0.144 e. The molecule has 0 bridgehead atoms. The average Bonchev–Trinajstić information content (AvgIpc) is 3.53. The molecule has 4 aromatic carbocycles. The zero-order valence-electron chi connectivity index (χ0n) is 22.9. The molecule has 3 heterocycles. The molecule has 0 aliphatic carbocycles. The molecule has 0 saturated carbocycles. The van der Waals surface area contributed by atoms with Crippen molar-refractivity contribution >= 4 is 38.4 Å². The third-order valence-electron chi connectivity index (χ3n) is 7.49. The van der Waals surface area contributed by atoms with Crippen LogP contribution in [0.25, 0.3) is 49.5 Å². The summed E-state index contributed by atoms with van der Waals surface area (Å²) < 4.78 is 2.25. The molecule has 0 spiro atoms. The van der Waals surface area contributed by atoms with E-state index < -0.39 is 0 Å². The van der Waals surface area contributed by atoms with E-state index in [4.69, 9.17) is 4.98 Å². The summed E-state index contributed by atoms with van der Waals surface area (Å²) in [6, 6.07) is 35.3. The Hall–Kier alpha value is -3.88. The van der Waals surface area contributed by atoms with E-state index in [0.29, 0.717) is 0 Å². The number of hydrogen-bond acceptors (Lipinski definition) is 3. The van der Waals surface area contributed by atoms with Gasteiger partial charge in [0, 0.05) is 38.0 Å². The van der Waals surface area contributed by atoms with Gasteiger partial charge in [-0.25, -0.2) is 4.98 Å². The van der Waals surface area contributed by atoms with Crippen LogP contribution < -0.4 is 4.90 Å². The summed E-state index contributed by atoms with van der Waals surface area (Å²) in [6.45, 7) is 8.84. The molecule has 0 N–H and O–H groups in total. The summed E-state index contributed by atoms with van der Waals surface area (Å²) in [6.07, 6.45) is 6.02. The van der Waals surface area contributed by atoms with Crippen LogP contribution in [0.2, 0.25) is 0 Å². The molecule has 5 heteroatoms. The van der Waals surface area contributed by atoms with Crippen molar-refractivity contribution < 1.29 is 21.1 Å². The SMILES string of the molecule is CN1C=CN(c2[c-]c3c(-c4[c-]c(-n5c6ccccc6c6c(C(C)(C)C)ccnc65)ccc4)cccc3cc2)[CH-]1.[Pt]. The molecular formula is C35H29N4Pt-3. The van der Waals surface area contributed by atoms with E-state index >= 15 is 0 Å². The third kappa shape index (κ3) is 4.32. The van der Waals surface area contributed by atoms with Gasteiger partial charge in [0.25, 0.3) is 0 Å². The Morgan fingerprint density at radius 3 is 2.42 bits per heavy atom. The van der Waals surface area contributed by atoms with Crippen LogP contribution in [0.1, 0.15) is 26.3 Å². The first-order valence-electron chi connectivity index (χ1n) is 13.3. The predicted octanol–water partition coefficient (Wildman–Crippen LogP) is 8.24. The largest absolute Gasteiger partial charge is 0.510 e. The molecular weight excluding hydrogens is 671 g/mol. The first kappa shape index (κ1) is 26.3. The molecule has 1 aliphatic heterocycles. The molecule has 202 valence electrons. The summed E-state index contributed by atoms with van der Waals surface area (Å²) in [5, 5.41) is 4.66. The fraction of sp³-hybridized carbons (Fsp3) is 0.143. The molecule has 1 aliphatic rings. The van der Waals surface area contributed by atoms with Crippen LogP contribution in [-0.4, -0.2) is 21.5 Å². The number of nitrogens with zero attached hydrogens (tertiary/aromatic N) is 4. The fourth-order valence-corrected chi connectivity index (χ4v) is 5.65. The summed E-state index contributed by atoms with van der Waals surface area (Å²) in [5.74, 6) is 0. The standard InChI is InChI=1S/C35H29N4.Pt/c1-35(2,3)31-17-18-36-34-33(31)29-12-5-6-14-32(29)39(34)27-11-7-10-25(21-27)28-13-8-9-24-15-16-26(22-30(24)28)38-20-19-37(4)23-38;/h5-20,23H,1-4H3;/q-3;. The number of pyridine rings is 1. The van der Waals surface area contributed by atoms with Crippen molar-refractivity contribution in [3.8, 4) is 16.8 Å². The van der Waals surface area contributed by atoms with Crippen molar-refractivity contribution in [1.82, 2.24) is 14.5 Å². The van der Waals surface area contributed by atoms with E-state index in [0.717, 1.165) is 44.4 Å². The van der Waals surface area contributed by atoms with E-state index in [1.54, 1.807) is 0 Å². The van der Waals surface area contributed by atoms with Crippen molar-refractivity contribution in [3.05, 3.63) is 122 Å². The van der Waals surface area contributed by atoms with E-state index in [1.807, 2.05) is 37.2 Å². The Bertz CT molecular complexity index is 1910. The van der Waals surface area contributed by atoms with Gasteiger partial charge < -0.3 is 14.4 Å². The minimum absolute atomic E-state index is 0. The number of aromatic nitrogens is 2. The smallest absolute Gasteiger partial charge is 0.144 e. The molecule has 4 nitrogen and oxygen atoms in total. The Morgan fingerprint density at radius 2 is 1.62 bits per heavy atom. The van der Waals surface area contributed by atoms with Gasteiger partial charge in [-0.2, -0.15) is 6.67 Å². The van der Waals surface area contributed by atoms with Gasteiger partial charge in [-0.3, -0.25) is 0 Å². The molecule has 0 fully saturated rings. The fourth-order valence-electron chi connectivity index (χ4n) is 5.65. The topological polar surface area (TPSA) is 24.3 Å². The molecule has 0 atom stereocenters. The summed E-state index contributed by atoms with van der Waals surface area (Å²) in [4.78, 5) is 9.02. The Labute approximate surface area is 249 Å². The van der Waals surface area contributed by atoms with Gasteiger partial charge in [0.2, 0.25) is 0 Å². The predicted molar refractivity (Wildman–Crippen MR) is 162 cm³/mol. The number of anilines is 1. The molecule has 40 heavy (non-hydrogen) atoms. The van der Waals surface area contributed by atoms with E-state index in [2.05, 4.69) is 121 Å². The molecule has 0 unspecified atom stereocenters. The van der Waals surface area contributed by atoms with Gasteiger partial charge in [-0.1, -0.05) is 62.9 Å². The van der Waals surface area contributed by atoms with Gasteiger partial charge in [0.05, 0.1) is 5.52 Å². The normalized spacial score (nSPS) is 13.5. The molecule has 0 radical (unpaired) electrons. The summed E-state index contributed by atoms with van der Waals surface area (Å²) in [7, 11) is 2.03. The molecule has 2 aromatic heterocycles. The number of para-hydroxylation sites is 1. The number of benzene rings is 4. The first-order chi connectivity index (χ1) is 18.9. The number of fused-ring (bicyclic) bond motifs is 4. The Kier molecular flexibility index (Phi) is 6.55. The average molecular weight is 701 g/mol. The second-order valence-electron chi connectivity index (χ2n) is 11.2. The van der Waals surface area contributed by atoms with Gasteiger partial charge in [0.15, 0.2) is 0 Å². The molecule has 6 aromatic rings. The van der Waals surface area contributed by atoms with Crippen molar-refractivity contribution in [2.24, 2.45) is 0 Å².